The van der Waals surface area contributed by atoms with Crippen LogP contribution in [0.4, 0.5) is 11.4 Å². The van der Waals surface area contributed by atoms with E-state index in [1.54, 1.807) is 6.07 Å². The zero-order valence-electron chi connectivity index (χ0n) is 11.7. The molecule has 2 aromatic rings. The van der Waals surface area contributed by atoms with Gasteiger partial charge in [-0.25, -0.2) is 0 Å². The summed E-state index contributed by atoms with van der Waals surface area (Å²) in [6.45, 7) is 1.97. The second-order valence-corrected chi connectivity index (χ2v) is 5.03. The lowest BCUT2D eigenvalue weighted by molar-refractivity contribution is -0.384. The second kappa shape index (κ2) is 6.45. The minimum atomic E-state index is -0.444. The van der Waals surface area contributed by atoms with Crippen LogP contribution in [-0.2, 0) is 0 Å². The Labute approximate surface area is 127 Å². The molecule has 0 spiro atoms. The number of nitrogens with one attached hydrogen (secondary N) is 1. The normalized spacial score (nSPS) is 11.8. The molecule has 1 unspecified atom stereocenters. The zero-order chi connectivity index (χ0) is 15.4. The van der Waals surface area contributed by atoms with E-state index < -0.39 is 4.92 Å². The topological polar surface area (TPSA) is 64.4 Å². The maximum atomic E-state index is 10.9. The Bertz CT molecular complexity index is 644. The molecule has 0 heterocycles. The third kappa shape index (κ3) is 3.86. The van der Waals surface area contributed by atoms with Gasteiger partial charge in [-0.15, -0.1) is 0 Å². The van der Waals surface area contributed by atoms with Gasteiger partial charge in [0.05, 0.1) is 18.1 Å². The predicted octanol–water partition coefficient (Wildman–Crippen LogP) is 4.43. The fraction of sp³-hybridized carbons (Fsp3) is 0.200. The molecule has 1 N–H and O–H groups in total. The summed E-state index contributed by atoms with van der Waals surface area (Å²) in [4.78, 5) is 10.5. The zero-order valence-corrected chi connectivity index (χ0v) is 12.4. The van der Waals surface area contributed by atoms with Crippen molar-refractivity contribution in [3.8, 4) is 5.75 Å². The quantitative estimate of drug-likeness (QED) is 0.655. The van der Waals surface area contributed by atoms with Crippen molar-refractivity contribution in [2.45, 2.75) is 13.0 Å². The van der Waals surface area contributed by atoms with Crippen LogP contribution in [-0.4, -0.2) is 12.0 Å². The van der Waals surface area contributed by atoms with Gasteiger partial charge < -0.3 is 10.1 Å². The summed E-state index contributed by atoms with van der Waals surface area (Å²) in [7, 11) is 1.48. The average molecular weight is 307 g/mol. The third-order valence-corrected chi connectivity index (χ3v) is 3.34. The number of non-ortho nitro benzene ring substituents is 1. The van der Waals surface area contributed by atoms with Crippen LogP contribution in [0, 0.1) is 10.1 Å². The lowest BCUT2D eigenvalue weighted by atomic mass is 10.1. The van der Waals surface area contributed by atoms with Crippen molar-refractivity contribution in [3.63, 3.8) is 0 Å². The number of rotatable bonds is 5. The van der Waals surface area contributed by atoms with Gasteiger partial charge in [-0.2, -0.15) is 0 Å². The fourth-order valence-electron chi connectivity index (χ4n) is 1.97. The smallest absolute Gasteiger partial charge is 0.275 e. The van der Waals surface area contributed by atoms with E-state index >= 15 is 0 Å². The standard InChI is InChI=1S/C15H15ClN2O3/c1-10(11-3-5-12(16)6-4-11)17-13-7-14(18(19)20)9-15(8-13)21-2/h3-10,17H,1-2H3. The lowest BCUT2D eigenvalue weighted by Crippen LogP contribution is -2.07. The van der Waals surface area contributed by atoms with Crippen molar-refractivity contribution in [2.24, 2.45) is 0 Å². The van der Waals surface area contributed by atoms with Gasteiger partial charge >= 0.3 is 0 Å². The molecule has 1 atom stereocenters. The van der Waals surface area contributed by atoms with Crippen molar-refractivity contribution in [1.82, 2.24) is 0 Å². The van der Waals surface area contributed by atoms with Gasteiger partial charge in [0.2, 0.25) is 0 Å². The van der Waals surface area contributed by atoms with Gasteiger partial charge in [-0.05, 0) is 24.6 Å². The average Bonchev–Trinajstić information content (AvgIpc) is 2.47. The number of ether oxygens (including phenoxy) is 1. The molecule has 0 aliphatic heterocycles. The Kier molecular flexibility index (Phi) is 4.65. The van der Waals surface area contributed by atoms with Gasteiger partial charge in [-0.3, -0.25) is 10.1 Å². The number of benzene rings is 2. The molecule has 0 aliphatic rings. The molecule has 110 valence electrons. The van der Waals surface area contributed by atoms with E-state index in [1.165, 1.54) is 19.2 Å². The molecule has 2 aromatic carbocycles. The molecule has 0 radical (unpaired) electrons. The van der Waals surface area contributed by atoms with Gasteiger partial charge in [0.1, 0.15) is 5.75 Å². The van der Waals surface area contributed by atoms with E-state index in [-0.39, 0.29) is 11.7 Å². The summed E-state index contributed by atoms with van der Waals surface area (Å²) >= 11 is 5.86. The number of methoxy groups -OCH3 is 1. The van der Waals surface area contributed by atoms with Crippen LogP contribution >= 0.6 is 11.6 Å². The van der Waals surface area contributed by atoms with Crippen LogP contribution in [0.15, 0.2) is 42.5 Å². The Morgan fingerprint density at radius 1 is 1.24 bits per heavy atom. The summed E-state index contributed by atoms with van der Waals surface area (Å²) in [5.41, 5.74) is 1.65. The third-order valence-electron chi connectivity index (χ3n) is 3.09. The molecule has 0 aromatic heterocycles. The Morgan fingerprint density at radius 2 is 1.90 bits per heavy atom. The number of halogens is 1. The highest BCUT2D eigenvalue weighted by molar-refractivity contribution is 6.30. The first-order valence-corrected chi connectivity index (χ1v) is 6.73. The van der Waals surface area contributed by atoms with Crippen LogP contribution in [0.1, 0.15) is 18.5 Å². The number of hydrogen-bond donors (Lipinski definition) is 1. The van der Waals surface area contributed by atoms with Crippen molar-refractivity contribution in [1.29, 1.82) is 0 Å². The van der Waals surface area contributed by atoms with Crippen molar-refractivity contribution < 1.29 is 9.66 Å². The first-order chi connectivity index (χ1) is 9.99. The van der Waals surface area contributed by atoms with E-state index in [0.717, 1.165) is 5.56 Å². The van der Waals surface area contributed by atoms with Crippen LogP contribution in [0.5, 0.6) is 5.75 Å². The second-order valence-electron chi connectivity index (χ2n) is 4.59. The maximum Gasteiger partial charge on any atom is 0.275 e. The van der Waals surface area contributed by atoms with E-state index in [4.69, 9.17) is 16.3 Å². The summed E-state index contributed by atoms with van der Waals surface area (Å²) in [6, 6.07) is 12.0. The Balaban J connectivity index is 2.23. The Morgan fingerprint density at radius 3 is 2.48 bits per heavy atom. The molecule has 0 saturated carbocycles. The van der Waals surface area contributed by atoms with E-state index in [2.05, 4.69) is 5.32 Å². The fourth-order valence-corrected chi connectivity index (χ4v) is 2.10. The van der Waals surface area contributed by atoms with Crippen LogP contribution < -0.4 is 10.1 Å². The number of nitro benzene ring substituents is 1. The first kappa shape index (κ1) is 15.1. The SMILES string of the molecule is COc1cc(NC(C)c2ccc(Cl)cc2)cc([N+](=O)[O-])c1. The summed E-state index contributed by atoms with van der Waals surface area (Å²) < 4.78 is 5.09. The number of hydrogen-bond acceptors (Lipinski definition) is 4. The molecule has 2 rings (SSSR count). The molecule has 0 aliphatic carbocycles. The lowest BCUT2D eigenvalue weighted by Gasteiger charge is -2.16. The molecular formula is C15H15ClN2O3. The molecule has 21 heavy (non-hydrogen) atoms. The van der Waals surface area contributed by atoms with Crippen molar-refractivity contribution >= 4 is 23.0 Å². The van der Waals surface area contributed by atoms with Gasteiger partial charge in [0, 0.05) is 28.9 Å². The highest BCUT2D eigenvalue weighted by Crippen LogP contribution is 2.28. The van der Waals surface area contributed by atoms with Gasteiger partial charge in [0.15, 0.2) is 0 Å². The van der Waals surface area contributed by atoms with E-state index in [9.17, 15) is 10.1 Å². The molecule has 0 bridgehead atoms. The summed E-state index contributed by atoms with van der Waals surface area (Å²) in [6.07, 6.45) is 0. The van der Waals surface area contributed by atoms with Crippen LogP contribution in [0.25, 0.3) is 0 Å². The molecule has 0 saturated heterocycles. The van der Waals surface area contributed by atoms with Crippen LogP contribution in [0.2, 0.25) is 5.02 Å². The monoisotopic (exact) mass is 306 g/mol. The minimum absolute atomic E-state index is 0.0137. The Hall–Kier alpha value is -2.27. The highest BCUT2D eigenvalue weighted by atomic mass is 35.5. The minimum Gasteiger partial charge on any atom is -0.496 e. The first-order valence-electron chi connectivity index (χ1n) is 6.35. The summed E-state index contributed by atoms with van der Waals surface area (Å²) in [5, 5.41) is 14.8. The largest absolute Gasteiger partial charge is 0.496 e. The van der Waals surface area contributed by atoms with E-state index in [1.807, 2.05) is 31.2 Å². The molecule has 6 heteroatoms. The molecule has 5 nitrogen and oxygen atoms in total. The maximum absolute atomic E-state index is 10.9. The number of anilines is 1. The molecular weight excluding hydrogens is 292 g/mol. The van der Waals surface area contributed by atoms with Gasteiger partial charge in [-0.1, -0.05) is 23.7 Å². The van der Waals surface area contributed by atoms with Crippen LogP contribution in [0.3, 0.4) is 0 Å². The summed E-state index contributed by atoms with van der Waals surface area (Å²) in [5.74, 6) is 0.440. The van der Waals surface area contributed by atoms with Crippen molar-refractivity contribution in [3.05, 3.63) is 63.2 Å². The predicted molar refractivity (Wildman–Crippen MR) is 83.1 cm³/mol. The van der Waals surface area contributed by atoms with Gasteiger partial charge in [0.25, 0.3) is 5.69 Å². The van der Waals surface area contributed by atoms with Crippen molar-refractivity contribution in [2.75, 3.05) is 12.4 Å². The molecule has 0 amide bonds. The number of nitrogens with zero attached hydrogens (tertiary/aromatic N) is 1. The molecule has 0 fully saturated rings. The highest BCUT2D eigenvalue weighted by Gasteiger charge is 2.12. The number of nitro groups is 1. The van der Waals surface area contributed by atoms with E-state index in [0.29, 0.717) is 16.5 Å².